The molecular weight excluding hydrogens is 298 g/mol. The normalized spacial score (nSPS) is 29.8. The Morgan fingerprint density at radius 1 is 1.12 bits per heavy atom. The lowest BCUT2D eigenvalue weighted by Crippen LogP contribution is -2.54. The highest BCUT2D eigenvalue weighted by atomic mass is 16.2. The van der Waals surface area contributed by atoms with Gasteiger partial charge in [0.1, 0.15) is 0 Å². The van der Waals surface area contributed by atoms with Gasteiger partial charge >= 0.3 is 0 Å². The van der Waals surface area contributed by atoms with Gasteiger partial charge in [0.2, 0.25) is 5.91 Å². The zero-order valence-corrected chi connectivity index (χ0v) is 14.5. The van der Waals surface area contributed by atoms with Crippen LogP contribution < -0.4 is 10.6 Å². The molecule has 0 spiro atoms. The Morgan fingerprint density at radius 2 is 1.92 bits per heavy atom. The quantitative estimate of drug-likeness (QED) is 0.908. The number of fused-ring (bicyclic) bond motifs is 2. The Balaban J connectivity index is 1.49. The molecule has 1 saturated carbocycles. The van der Waals surface area contributed by atoms with Gasteiger partial charge < -0.3 is 15.5 Å². The number of amides is 1. The number of hydrogen-bond donors (Lipinski definition) is 1. The van der Waals surface area contributed by atoms with E-state index in [2.05, 4.69) is 34.1 Å². The average Bonchev–Trinajstić information content (AvgIpc) is 2.61. The molecule has 0 aromatic heterocycles. The van der Waals surface area contributed by atoms with E-state index < -0.39 is 0 Å². The fourth-order valence-corrected chi connectivity index (χ4v) is 5.06. The second-order valence-corrected chi connectivity index (χ2v) is 7.81. The zero-order chi connectivity index (χ0) is 16.5. The fraction of sp³-hybridized carbons (Fsp3) is 0.650. The Labute approximate surface area is 145 Å². The number of carbonyl (C=O) groups excluding carboxylic acids is 1. The summed E-state index contributed by atoms with van der Waals surface area (Å²) < 4.78 is 0. The maximum Gasteiger partial charge on any atom is 0.242 e. The summed E-state index contributed by atoms with van der Waals surface area (Å²) in [7, 11) is 0. The number of benzene rings is 1. The molecule has 2 fully saturated rings. The van der Waals surface area contributed by atoms with E-state index >= 15 is 0 Å². The zero-order valence-electron chi connectivity index (χ0n) is 14.5. The van der Waals surface area contributed by atoms with Crippen molar-refractivity contribution >= 4 is 11.6 Å². The van der Waals surface area contributed by atoms with Crippen LogP contribution >= 0.6 is 0 Å². The molecule has 3 atom stereocenters. The van der Waals surface area contributed by atoms with Gasteiger partial charge in [-0.3, -0.25) is 4.79 Å². The van der Waals surface area contributed by atoms with Crippen LogP contribution in [0.1, 0.15) is 44.1 Å². The van der Waals surface area contributed by atoms with Crippen molar-refractivity contribution < 1.29 is 4.79 Å². The molecule has 1 aromatic rings. The van der Waals surface area contributed by atoms with Crippen LogP contribution in [0.3, 0.4) is 0 Å². The summed E-state index contributed by atoms with van der Waals surface area (Å²) in [5.74, 6) is 1.04. The minimum atomic E-state index is 0.122. The van der Waals surface area contributed by atoms with Gasteiger partial charge in [0.15, 0.2) is 0 Å². The van der Waals surface area contributed by atoms with Crippen LogP contribution in [-0.2, 0) is 11.2 Å². The van der Waals surface area contributed by atoms with E-state index in [1.54, 1.807) is 0 Å². The van der Waals surface area contributed by atoms with Crippen molar-refractivity contribution in [3.63, 3.8) is 0 Å². The Hall–Kier alpha value is -1.55. The molecule has 130 valence electrons. The smallest absolute Gasteiger partial charge is 0.242 e. The topological polar surface area (TPSA) is 49.6 Å². The molecule has 4 rings (SSSR count). The number of nitrogens with two attached hydrogens (primary N) is 1. The number of likely N-dealkylation sites (tertiary alicyclic amines) is 1. The summed E-state index contributed by atoms with van der Waals surface area (Å²) in [6.07, 6.45) is 8.53. The molecule has 1 saturated heterocycles. The number of anilines is 1. The van der Waals surface area contributed by atoms with Gasteiger partial charge in [-0.25, -0.2) is 0 Å². The molecule has 2 heterocycles. The molecule has 4 nitrogen and oxygen atoms in total. The molecule has 24 heavy (non-hydrogen) atoms. The largest absolute Gasteiger partial charge is 0.360 e. The number of carbonyl (C=O) groups is 1. The highest BCUT2D eigenvalue weighted by molar-refractivity contribution is 5.82. The number of nitrogens with zero attached hydrogens (tertiary/aromatic N) is 2. The van der Waals surface area contributed by atoms with Crippen molar-refractivity contribution in [3.8, 4) is 0 Å². The summed E-state index contributed by atoms with van der Waals surface area (Å²) in [5, 5.41) is 0. The van der Waals surface area contributed by atoms with Gasteiger partial charge in [-0.15, -0.1) is 0 Å². The van der Waals surface area contributed by atoms with E-state index in [-0.39, 0.29) is 6.04 Å². The van der Waals surface area contributed by atoms with Gasteiger partial charge in [-0.1, -0.05) is 31.0 Å². The van der Waals surface area contributed by atoms with E-state index in [9.17, 15) is 4.79 Å². The lowest BCUT2D eigenvalue weighted by molar-refractivity contribution is -0.136. The van der Waals surface area contributed by atoms with Crippen molar-refractivity contribution in [2.45, 2.75) is 57.0 Å². The third kappa shape index (κ3) is 3.04. The Kier molecular flexibility index (Phi) is 4.49. The van der Waals surface area contributed by atoms with Crippen molar-refractivity contribution in [1.29, 1.82) is 0 Å². The molecule has 4 heteroatoms. The molecule has 0 radical (unpaired) electrons. The van der Waals surface area contributed by atoms with E-state index in [0.717, 1.165) is 25.4 Å². The predicted molar refractivity (Wildman–Crippen MR) is 97.0 cm³/mol. The summed E-state index contributed by atoms with van der Waals surface area (Å²) in [6.45, 7) is 2.21. The van der Waals surface area contributed by atoms with Crippen LogP contribution in [0.25, 0.3) is 0 Å². The minimum Gasteiger partial charge on any atom is -0.360 e. The molecule has 2 aliphatic heterocycles. The Morgan fingerprint density at radius 3 is 2.83 bits per heavy atom. The molecule has 1 amide bonds. The first-order chi connectivity index (χ1) is 11.7. The second-order valence-electron chi connectivity index (χ2n) is 7.81. The maximum absolute atomic E-state index is 13.1. The first-order valence-corrected chi connectivity index (χ1v) is 9.60. The number of piperidine rings is 1. The highest BCUT2D eigenvalue weighted by Gasteiger charge is 2.36. The van der Waals surface area contributed by atoms with Crippen LogP contribution in [0.4, 0.5) is 5.69 Å². The first kappa shape index (κ1) is 15.9. The molecule has 1 aliphatic carbocycles. The van der Waals surface area contributed by atoms with Crippen LogP contribution in [0, 0.1) is 5.92 Å². The van der Waals surface area contributed by atoms with Crippen molar-refractivity contribution in [2.75, 3.05) is 24.5 Å². The van der Waals surface area contributed by atoms with Crippen LogP contribution in [0.15, 0.2) is 24.3 Å². The minimum absolute atomic E-state index is 0.122. The van der Waals surface area contributed by atoms with Gasteiger partial charge in [-0.05, 0) is 49.7 Å². The maximum atomic E-state index is 13.1. The standard InChI is InChI=1S/C20H29N3O/c21-17-12-16-7-2-3-9-18(16)22(13-17)14-20(24)23-11-5-8-15-6-1-4-10-19(15)23/h2-3,7,9,15,17,19H,1,4-6,8,10-14,21H2. The summed E-state index contributed by atoms with van der Waals surface area (Å²) in [5.41, 5.74) is 8.71. The van der Waals surface area contributed by atoms with E-state index in [1.165, 1.54) is 49.8 Å². The molecule has 3 aliphatic rings. The molecular formula is C20H29N3O. The van der Waals surface area contributed by atoms with E-state index in [1.807, 2.05) is 0 Å². The predicted octanol–water partition coefficient (Wildman–Crippen LogP) is 2.56. The van der Waals surface area contributed by atoms with Crippen LogP contribution in [0.5, 0.6) is 0 Å². The SMILES string of the molecule is NC1Cc2ccccc2N(CC(=O)N2CCCC3CCCCC32)C1. The Bertz CT molecular complexity index is 600. The van der Waals surface area contributed by atoms with Crippen molar-refractivity contribution in [2.24, 2.45) is 11.7 Å². The van der Waals surface area contributed by atoms with Crippen LogP contribution in [-0.4, -0.2) is 42.5 Å². The van der Waals surface area contributed by atoms with E-state index in [0.29, 0.717) is 18.5 Å². The number of para-hydroxylation sites is 1. The number of hydrogen-bond acceptors (Lipinski definition) is 3. The van der Waals surface area contributed by atoms with Gasteiger partial charge in [0.05, 0.1) is 6.54 Å². The second kappa shape index (κ2) is 6.75. The number of rotatable bonds is 2. The molecule has 2 N–H and O–H groups in total. The summed E-state index contributed by atoms with van der Waals surface area (Å²) in [4.78, 5) is 17.5. The first-order valence-electron chi connectivity index (χ1n) is 9.60. The highest BCUT2D eigenvalue weighted by Crippen LogP contribution is 2.35. The molecule has 3 unspecified atom stereocenters. The van der Waals surface area contributed by atoms with Gasteiger partial charge in [0, 0.05) is 30.9 Å². The third-order valence-electron chi connectivity index (χ3n) is 6.16. The lowest BCUT2D eigenvalue weighted by atomic mass is 9.78. The third-order valence-corrected chi connectivity index (χ3v) is 6.16. The lowest BCUT2D eigenvalue weighted by Gasteiger charge is -2.45. The van der Waals surface area contributed by atoms with Crippen molar-refractivity contribution in [1.82, 2.24) is 4.90 Å². The average molecular weight is 327 g/mol. The monoisotopic (exact) mass is 327 g/mol. The van der Waals surface area contributed by atoms with Gasteiger partial charge in [-0.2, -0.15) is 0 Å². The van der Waals surface area contributed by atoms with Crippen molar-refractivity contribution in [3.05, 3.63) is 29.8 Å². The molecule has 1 aromatic carbocycles. The molecule has 0 bridgehead atoms. The van der Waals surface area contributed by atoms with Crippen LogP contribution in [0.2, 0.25) is 0 Å². The van der Waals surface area contributed by atoms with E-state index in [4.69, 9.17) is 5.73 Å². The summed E-state index contributed by atoms with van der Waals surface area (Å²) >= 11 is 0. The van der Waals surface area contributed by atoms with Gasteiger partial charge in [0.25, 0.3) is 0 Å². The summed E-state index contributed by atoms with van der Waals surface area (Å²) in [6, 6.07) is 9.02. The fourth-order valence-electron chi connectivity index (χ4n) is 5.06.